The van der Waals surface area contributed by atoms with E-state index >= 15 is 0 Å². The third-order valence-electron chi connectivity index (χ3n) is 2.39. The van der Waals surface area contributed by atoms with E-state index in [2.05, 4.69) is 4.98 Å². The zero-order chi connectivity index (χ0) is 12.5. The summed E-state index contributed by atoms with van der Waals surface area (Å²) in [6.45, 7) is 9.38. The van der Waals surface area contributed by atoms with Crippen LogP contribution in [0.2, 0.25) is 0 Å². The lowest BCUT2D eigenvalue weighted by molar-refractivity contribution is -0.113. The van der Waals surface area contributed by atoms with Crippen molar-refractivity contribution in [2.45, 2.75) is 34.6 Å². The van der Waals surface area contributed by atoms with Gasteiger partial charge in [0.2, 0.25) is 0 Å². The molecule has 0 aliphatic rings. The number of rotatable bonds is 3. The molecule has 0 spiro atoms. The van der Waals surface area contributed by atoms with Gasteiger partial charge in [0, 0.05) is 5.57 Å². The number of nitrogens with two attached hydrogens (primary N) is 1. The molecule has 0 radical (unpaired) electrons. The summed E-state index contributed by atoms with van der Waals surface area (Å²) < 4.78 is 0. The Morgan fingerprint density at radius 1 is 1.38 bits per heavy atom. The Hall–Kier alpha value is -1.16. The van der Waals surface area contributed by atoms with Crippen molar-refractivity contribution in [1.82, 2.24) is 4.98 Å². The van der Waals surface area contributed by atoms with Gasteiger partial charge in [-0.25, -0.2) is 4.98 Å². The first-order valence-corrected chi connectivity index (χ1v) is 6.11. The van der Waals surface area contributed by atoms with Crippen molar-refractivity contribution in [1.29, 1.82) is 0 Å². The molecular weight excluding hydrogens is 220 g/mol. The van der Waals surface area contributed by atoms with Gasteiger partial charge >= 0.3 is 0 Å². The molecule has 0 aliphatic heterocycles. The molecule has 16 heavy (non-hydrogen) atoms. The van der Waals surface area contributed by atoms with Crippen LogP contribution >= 0.6 is 11.3 Å². The average Bonchev–Trinajstić information content (AvgIpc) is 2.43. The second-order valence-electron chi connectivity index (χ2n) is 4.19. The zero-order valence-corrected chi connectivity index (χ0v) is 11.2. The molecule has 88 valence electrons. The van der Waals surface area contributed by atoms with Gasteiger partial charge in [-0.1, -0.05) is 13.8 Å². The largest absolute Gasteiger partial charge is 0.397 e. The Morgan fingerprint density at radius 2 is 1.94 bits per heavy atom. The number of hydrogen-bond donors (Lipinski definition) is 1. The van der Waals surface area contributed by atoms with Crippen LogP contribution in [0.5, 0.6) is 0 Å². The number of aryl methyl sites for hydroxylation is 2. The van der Waals surface area contributed by atoms with E-state index in [9.17, 15) is 4.79 Å². The second kappa shape index (κ2) is 4.78. The Balaban J connectivity index is 3.35. The average molecular weight is 238 g/mol. The highest BCUT2D eigenvalue weighted by Crippen LogP contribution is 2.27. The standard InChI is InChI=1S/C12H18N2OS/c1-6(2)10(8(4)15)11(13)12-7(3)14-9(5)16-12/h6H,13H2,1-5H3/b11-10-. The first-order chi connectivity index (χ1) is 7.34. The number of ketones is 1. The number of Topliss-reactive ketones (excluding diaryl/α,β-unsaturated/α-hetero) is 1. The second-order valence-corrected chi connectivity index (χ2v) is 5.39. The van der Waals surface area contributed by atoms with Crippen molar-refractivity contribution in [3.8, 4) is 0 Å². The predicted octanol–water partition coefficient (Wildman–Crippen LogP) is 2.67. The van der Waals surface area contributed by atoms with Gasteiger partial charge in [-0.15, -0.1) is 11.3 Å². The van der Waals surface area contributed by atoms with E-state index in [-0.39, 0.29) is 11.7 Å². The number of thiazole rings is 1. The van der Waals surface area contributed by atoms with Gasteiger partial charge in [0.25, 0.3) is 0 Å². The molecule has 0 bridgehead atoms. The van der Waals surface area contributed by atoms with E-state index in [1.807, 2.05) is 27.7 Å². The molecule has 0 atom stereocenters. The Bertz CT molecular complexity index is 444. The van der Waals surface area contributed by atoms with Gasteiger partial charge in [0.05, 0.1) is 21.3 Å². The molecule has 1 aromatic heterocycles. The minimum Gasteiger partial charge on any atom is -0.397 e. The summed E-state index contributed by atoms with van der Waals surface area (Å²) in [4.78, 5) is 16.8. The summed E-state index contributed by atoms with van der Waals surface area (Å²) in [5.41, 5.74) is 8.28. The highest BCUT2D eigenvalue weighted by molar-refractivity contribution is 7.12. The molecule has 0 fully saturated rings. The Labute approximate surface area is 100 Å². The number of nitrogens with zero attached hydrogens (tertiary/aromatic N) is 1. The van der Waals surface area contributed by atoms with Crippen LogP contribution in [0.3, 0.4) is 0 Å². The fourth-order valence-corrected chi connectivity index (χ4v) is 2.70. The number of allylic oxidation sites excluding steroid dienone is 1. The van der Waals surface area contributed by atoms with E-state index in [1.54, 1.807) is 6.92 Å². The molecule has 0 aliphatic carbocycles. The van der Waals surface area contributed by atoms with Crippen LogP contribution in [-0.4, -0.2) is 10.8 Å². The zero-order valence-electron chi connectivity index (χ0n) is 10.4. The van der Waals surface area contributed by atoms with E-state index < -0.39 is 0 Å². The van der Waals surface area contributed by atoms with Crippen molar-refractivity contribution in [2.24, 2.45) is 11.7 Å². The monoisotopic (exact) mass is 238 g/mol. The maximum atomic E-state index is 11.6. The summed E-state index contributed by atoms with van der Waals surface area (Å²) in [5, 5.41) is 0.974. The highest BCUT2D eigenvalue weighted by Gasteiger charge is 2.17. The van der Waals surface area contributed by atoms with Crippen molar-refractivity contribution in [2.75, 3.05) is 0 Å². The van der Waals surface area contributed by atoms with Gasteiger partial charge in [0.1, 0.15) is 0 Å². The third-order valence-corrected chi connectivity index (χ3v) is 3.50. The molecule has 0 aromatic carbocycles. The van der Waals surface area contributed by atoms with Crippen LogP contribution in [0.25, 0.3) is 5.70 Å². The summed E-state index contributed by atoms with van der Waals surface area (Å²) in [6.07, 6.45) is 0. The van der Waals surface area contributed by atoms with E-state index in [4.69, 9.17) is 5.73 Å². The maximum absolute atomic E-state index is 11.6. The normalized spacial score (nSPS) is 12.9. The quantitative estimate of drug-likeness (QED) is 0.824. The van der Waals surface area contributed by atoms with Crippen LogP contribution in [-0.2, 0) is 4.79 Å². The molecule has 3 nitrogen and oxygen atoms in total. The van der Waals surface area contributed by atoms with Gasteiger partial charge in [0.15, 0.2) is 5.78 Å². The van der Waals surface area contributed by atoms with Gasteiger partial charge in [-0.2, -0.15) is 0 Å². The van der Waals surface area contributed by atoms with E-state index in [1.165, 1.54) is 11.3 Å². The van der Waals surface area contributed by atoms with E-state index in [0.29, 0.717) is 11.3 Å². The van der Waals surface area contributed by atoms with Gasteiger partial charge in [-0.3, -0.25) is 4.79 Å². The maximum Gasteiger partial charge on any atom is 0.158 e. The molecule has 0 unspecified atom stereocenters. The highest BCUT2D eigenvalue weighted by atomic mass is 32.1. The minimum atomic E-state index is 0.0398. The SMILES string of the molecule is CC(=O)/C(=C(\N)c1sc(C)nc1C)C(C)C. The van der Waals surface area contributed by atoms with Crippen molar-refractivity contribution in [3.63, 3.8) is 0 Å². The molecule has 0 saturated heterocycles. The van der Waals surface area contributed by atoms with Crippen molar-refractivity contribution in [3.05, 3.63) is 21.2 Å². The van der Waals surface area contributed by atoms with Crippen molar-refractivity contribution < 1.29 is 4.79 Å². The number of carbonyl (C=O) groups is 1. The van der Waals surface area contributed by atoms with Crippen LogP contribution < -0.4 is 5.73 Å². The smallest absolute Gasteiger partial charge is 0.158 e. The molecular formula is C12H18N2OS. The van der Waals surface area contributed by atoms with Crippen LogP contribution in [0.15, 0.2) is 5.57 Å². The molecule has 0 saturated carbocycles. The number of carbonyl (C=O) groups excluding carboxylic acids is 1. The summed E-state index contributed by atoms with van der Waals surface area (Å²) in [6, 6.07) is 0. The fraction of sp³-hybridized carbons (Fsp3) is 0.500. The summed E-state index contributed by atoms with van der Waals surface area (Å²) >= 11 is 1.54. The first kappa shape index (κ1) is 12.9. The Kier molecular flexibility index (Phi) is 3.86. The van der Waals surface area contributed by atoms with Crippen LogP contribution in [0.1, 0.15) is 36.3 Å². The first-order valence-electron chi connectivity index (χ1n) is 5.29. The number of hydrogen-bond acceptors (Lipinski definition) is 4. The lowest BCUT2D eigenvalue weighted by atomic mass is 9.97. The fourth-order valence-electron chi connectivity index (χ4n) is 1.81. The van der Waals surface area contributed by atoms with Gasteiger partial charge < -0.3 is 5.73 Å². The summed E-state index contributed by atoms with van der Waals surface area (Å²) in [5.74, 6) is 0.178. The van der Waals surface area contributed by atoms with Crippen molar-refractivity contribution >= 4 is 22.8 Å². The molecule has 2 N–H and O–H groups in total. The molecule has 1 heterocycles. The lowest BCUT2D eigenvalue weighted by Gasteiger charge is -2.11. The molecule has 1 aromatic rings. The molecule has 1 rings (SSSR count). The predicted molar refractivity (Wildman–Crippen MR) is 68.2 cm³/mol. The molecule has 4 heteroatoms. The van der Waals surface area contributed by atoms with Gasteiger partial charge in [-0.05, 0) is 26.7 Å². The summed E-state index contributed by atoms with van der Waals surface area (Å²) in [7, 11) is 0. The minimum absolute atomic E-state index is 0.0398. The topological polar surface area (TPSA) is 56.0 Å². The molecule has 0 amide bonds. The third kappa shape index (κ3) is 2.50. The Morgan fingerprint density at radius 3 is 2.25 bits per heavy atom. The lowest BCUT2D eigenvalue weighted by Crippen LogP contribution is -2.12. The van der Waals surface area contributed by atoms with Crippen LogP contribution in [0, 0.1) is 19.8 Å². The van der Waals surface area contributed by atoms with Crippen LogP contribution in [0.4, 0.5) is 0 Å². The van der Waals surface area contributed by atoms with E-state index in [0.717, 1.165) is 15.6 Å². The number of aromatic nitrogens is 1.